The van der Waals surface area contributed by atoms with E-state index in [4.69, 9.17) is 9.47 Å². The lowest BCUT2D eigenvalue weighted by Crippen LogP contribution is -2.31. The number of rotatable bonds is 9. The molecule has 1 N–H and O–H groups in total. The first-order chi connectivity index (χ1) is 17.4. The average Bonchev–Trinajstić information content (AvgIpc) is 3.13. The summed E-state index contributed by atoms with van der Waals surface area (Å²) >= 11 is 0. The lowest BCUT2D eigenvalue weighted by Gasteiger charge is -2.17. The Hall–Kier alpha value is -4.46. The minimum atomic E-state index is -0.745. The predicted molar refractivity (Wildman–Crippen MR) is 132 cm³/mol. The molecular formula is C28H26N2O6. The Morgan fingerprint density at radius 1 is 0.917 bits per heavy atom. The molecule has 8 nitrogen and oxygen atoms in total. The second-order valence-corrected chi connectivity index (χ2v) is 8.28. The number of carbonyl (C=O) groups excluding carboxylic acids is 4. The van der Waals surface area contributed by atoms with E-state index in [1.807, 2.05) is 37.3 Å². The molecule has 1 aliphatic heterocycles. The van der Waals surface area contributed by atoms with Gasteiger partial charge in [0, 0.05) is 0 Å². The van der Waals surface area contributed by atoms with Gasteiger partial charge < -0.3 is 14.8 Å². The fourth-order valence-electron chi connectivity index (χ4n) is 4.00. The Morgan fingerprint density at radius 3 is 2.19 bits per heavy atom. The topological polar surface area (TPSA) is 102 Å². The van der Waals surface area contributed by atoms with Crippen LogP contribution in [0.3, 0.4) is 0 Å². The van der Waals surface area contributed by atoms with E-state index in [1.165, 1.54) is 6.07 Å². The quantitative estimate of drug-likeness (QED) is 0.363. The van der Waals surface area contributed by atoms with Gasteiger partial charge >= 0.3 is 5.97 Å². The normalized spacial score (nSPS) is 13.2. The molecule has 0 unspecified atom stereocenters. The number of ether oxygens (including phenoxy) is 2. The number of nitrogens with one attached hydrogen (secondary N) is 1. The van der Waals surface area contributed by atoms with Crippen LogP contribution < -0.4 is 10.1 Å². The maximum Gasteiger partial charge on any atom is 0.342 e. The molecule has 0 fully saturated rings. The number of esters is 1. The highest BCUT2D eigenvalue weighted by Crippen LogP contribution is 2.27. The summed E-state index contributed by atoms with van der Waals surface area (Å²) in [6.07, 6.45) is 0. The van der Waals surface area contributed by atoms with E-state index >= 15 is 0 Å². The summed E-state index contributed by atoms with van der Waals surface area (Å²) in [6.45, 7) is 3.44. The van der Waals surface area contributed by atoms with Crippen LogP contribution in [0.25, 0.3) is 0 Å². The van der Waals surface area contributed by atoms with Crippen LogP contribution in [0.5, 0.6) is 5.75 Å². The molecule has 0 spiro atoms. The summed E-state index contributed by atoms with van der Waals surface area (Å²) in [4.78, 5) is 51.8. The van der Waals surface area contributed by atoms with Crippen molar-refractivity contribution in [1.82, 2.24) is 10.2 Å². The van der Waals surface area contributed by atoms with Crippen molar-refractivity contribution < 1.29 is 28.7 Å². The van der Waals surface area contributed by atoms with E-state index in [1.54, 1.807) is 43.3 Å². The van der Waals surface area contributed by atoms with E-state index in [2.05, 4.69) is 5.32 Å². The number of amides is 3. The average molecular weight is 487 g/mol. The maximum absolute atomic E-state index is 12.9. The second-order valence-electron chi connectivity index (χ2n) is 8.28. The summed E-state index contributed by atoms with van der Waals surface area (Å²) in [5, 5.41) is 2.79. The number of fused-ring (bicyclic) bond motifs is 1. The first-order valence-electron chi connectivity index (χ1n) is 11.6. The Morgan fingerprint density at radius 2 is 1.56 bits per heavy atom. The summed E-state index contributed by atoms with van der Waals surface area (Å²) in [5.41, 5.74) is 2.28. The van der Waals surface area contributed by atoms with Crippen molar-refractivity contribution in [2.45, 2.75) is 26.4 Å². The van der Waals surface area contributed by atoms with Crippen molar-refractivity contribution in [3.8, 4) is 5.75 Å². The van der Waals surface area contributed by atoms with Gasteiger partial charge in [0.15, 0.2) is 6.61 Å². The molecule has 0 aromatic heterocycles. The van der Waals surface area contributed by atoms with Crippen molar-refractivity contribution in [1.29, 1.82) is 0 Å². The van der Waals surface area contributed by atoms with Crippen LogP contribution >= 0.6 is 0 Å². The van der Waals surface area contributed by atoms with Crippen molar-refractivity contribution in [2.75, 3.05) is 13.2 Å². The van der Waals surface area contributed by atoms with E-state index in [0.29, 0.717) is 23.3 Å². The van der Waals surface area contributed by atoms with Gasteiger partial charge in [-0.1, -0.05) is 48.5 Å². The summed E-state index contributed by atoms with van der Waals surface area (Å²) in [6, 6.07) is 20.6. The molecule has 3 aromatic rings. The van der Waals surface area contributed by atoms with Gasteiger partial charge in [-0.05, 0) is 49.2 Å². The minimum Gasteiger partial charge on any atom is -0.493 e. The van der Waals surface area contributed by atoms with E-state index in [9.17, 15) is 19.2 Å². The lowest BCUT2D eigenvalue weighted by molar-refractivity contribution is -0.124. The Bertz CT molecular complexity index is 1270. The van der Waals surface area contributed by atoms with Gasteiger partial charge in [-0.15, -0.1) is 0 Å². The van der Waals surface area contributed by atoms with Gasteiger partial charge in [0.1, 0.15) is 11.3 Å². The fraction of sp³-hybridized carbons (Fsp3) is 0.214. The molecule has 4 rings (SSSR count). The smallest absolute Gasteiger partial charge is 0.342 e. The lowest BCUT2D eigenvalue weighted by atomic mass is 10.1. The third-order valence-corrected chi connectivity index (χ3v) is 5.79. The predicted octanol–water partition coefficient (Wildman–Crippen LogP) is 3.92. The molecule has 8 heteroatoms. The van der Waals surface area contributed by atoms with Crippen LogP contribution in [0.2, 0.25) is 0 Å². The summed E-state index contributed by atoms with van der Waals surface area (Å²) in [5.74, 6) is -1.69. The van der Waals surface area contributed by atoms with Crippen molar-refractivity contribution >= 4 is 23.7 Å². The number of hydrogen-bond acceptors (Lipinski definition) is 6. The highest BCUT2D eigenvalue weighted by Gasteiger charge is 2.35. The number of nitrogens with zero attached hydrogens (tertiary/aromatic N) is 1. The molecular weight excluding hydrogens is 460 g/mol. The van der Waals surface area contributed by atoms with Crippen LogP contribution in [0.15, 0.2) is 72.8 Å². The first-order valence-corrected chi connectivity index (χ1v) is 11.6. The molecule has 0 saturated heterocycles. The first kappa shape index (κ1) is 24.7. The minimum absolute atomic E-state index is 0.0197. The molecule has 0 radical (unpaired) electrons. The van der Waals surface area contributed by atoms with Crippen molar-refractivity contribution in [3.05, 3.63) is 101 Å². The van der Waals surface area contributed by atoms with Crippen LogP contribution in [0.4, 0.5) is 0 Å². The van der Waals surface area contributed by atoms with Crippen molar-refractivity contribution in [3.63, 3.8) is 0 Å². The summed E-state index contributed by atoms with van der Waals surface area (Å²) in [7, 11) is 0. The molecule has 3 aromatic carbocycles. The van der Waals surface area contributed by atoms with Crippen LogP contribution in [-0.2, 0) is 16.1 Å². The Kier molecular flexibility index (Phi) is 7.44. The van der Waals surface area contributed by atoms with Gasteiger partial charge in [0.25, 0.3) is 17.7 Å². The SMILES string of the molecule is CCOc1ccc(CN2C(=O)c3ccccc3C2=O)cc1C(=O)OCC(=O)N[C@H](C)c1ccccc1. The standard InChI is InChI=1S/C28H26N2O6/c1-3-35-24-14-13-19(16-30-26(32)21-11-7-8-12-22(21)27(30)33)15-23(24)28(34)36-17-25(31)29-18(2)20-9-5-4-6-10-20/h4-15,18H,3,16-17H2,1-2H3,(H,29,31)/t18-/m1/s1. The van der Waals surface area contributed by atoms with Gasteiger partial charge in [0.2, 0.25) is 0 Å². The zero-order valence-electron chi connectivity index (χ0n) is 20.0. The zero-order valence-corrected chi connectivity index (χ0v) is 20.0. The third-order valence-electron chi connectivity index (χ3n) is 5.79. The molecule has 184 valence electrons. The zero-order chi connectivity index (χ0) is 25.7. The molecule has 0 bridgehead atoms. The van der Waals surface area contributed by atoms with Crippen LogP contribution in [-0.4, -0.2) is 41.8 Å². The molecule has 0 saturated carbocycles. The van der Waals surface area contributed by atoms with Crippen LogP contribution in [0, 0.1) is 0 Å². The van der Waals surface area contributed by atoms with E-state index in [-0.39, 0.29) is 23.9 Å². The monoisotopic (exact) mass is 486 g/mol. The molecule has 0 aliphatic carbocycles. The molecule has 1 aliphatic rings. The third kappa shape index (κ3) is 5.27. The Balaban J connectivity index is 1.44. The number of imide groups is 1. The Labute approximate surface area is 208 Å². The molecule has 1 atom stereocenters. The van der Waals surface area contributed by atoms with E-state index in [0.717, 1.165) is 10.5 Å². The molecule has 1 heterocycles. The van der Waals surface area contributed by atoms with Crippen LogP contribution in [0.1, 0.15) is 62.1 Å². The highest BCUT2D eigenvalue weighted by atomic mass is 16.5. The number of benzene rings is 3. The van der Waals surface area contributed by atoms with Gasteiger partial charge in [-0.25, -0.2) is 4.79 Å². The largest absolute Gasteiger partial charge is 0.493 e. The second kappa shape index (κ2) is 10.9. The van der Waals surface area contributed by atoms with Gasteiger partial charge in [-0.3, -0.25) is 19.3 Å². The maximum atomic E-state index is 12.9. The molecule has 36 heavy (non-hydrogen) atoms. The summed E-state index contributed by atoms with van der Waals surface area (Å²) < 4.78 is 10.8. The number of hydrogen-bond donors (Lipinski definition) is 1. The van der Waals surface area contributed by atoms with E-state index < -0.39 is 30.3 Å². The highest BCUT2D eigenvalue weighted by molar-refractivity contribution is 6.21. The number of carbonyl (C=O) groups is 4. The fourth-order valence-corrected chi connectivity index (χ4v) is 4.00. The van der Waals surface area contributed by atoms with Crippen molar-refractivity contribution in [2.24, 2.45) is 0 Å². The molecule has 3 amide bonds. The van der Waals surface area contributed by atoms with Gasteiger partial charge in [-0.2, -0.15) is 0 Å². The van der Waals surface area contributed by atoms with Gasteiger partial charge in [0.05, 0.1) is 30.3 Å².